The molecule has 2 atom stereocenters. The zero-order valence-electron chi connectivity index (χ0n) is 24.7. The molecule has 1 aliphatic carbocycles. The Bertz CT molecular complexity index is 1570. The lowest BCUT2D eigenvalue weighted by molar-refractivity contribution is -0.138. The number of fused-ring (bicyclic) bond motifs is 1. The monoisotopic (exact) mass is 608 g/mol. The Hall–Kier alpha value is -4.02. The van der Waals surface area contributed by atoms with Crippen molar-refractivity contribution >= 4 is 17.5 Å². The fourth-order valence-corrected chi connectivity index (χ4v) is 6.12. The first kappa shape index (κ1) is 30.0. The molecule has 2 N–H and O–H groups in total. The maximum absolute atomic E-state index is 14.4. The van der Waals surface area contributed by atoms with E-state index in [4.69, 9.17) is 10.00 Å². The summed E-state index contributed by atoms with van der Waals surface area (Å²) in [5, 5.41) is 23.9. The van der Waals surface area contributed by atoms with Gasteiger partial charge in [0.2, 0.25) is 0 Å². The van der Waals surface area contributed by atoms with Gasteiger partial charge in [0, 0.05) is 31.1 Å². The van der Waals surface area contributed by atoms with Crippen molar-refractivity contribution < 1.29 is 22.7 Å². The smallest absolute Gasteiger partial charge is 0.381 e. The summed E-state index contributed by atoms with van der Waals surface area (Å²) < 4.78 is 50.6. The van der Waals surface area contributed by atoms with Crippen LogP contribution in [-0.4, -0.2) is 52.0 Å². The SMILES string of the molecule is C[C@@H](NCC1CCC1)c1cc2c(c(C(F)(F)F)c1)CN(c1cc([C@H](c3nncn3C)C3COC3)cc(NCCC#N)n1)C2=O. The Labute approximate surface area is 253 Å². The van der Waals surface area contributed by atoms with Crippen molar-refractivity contribution in [2.45, 2.75) is 57.3 Å². The van der Waals surface area contributed by atoms with Crippen molar-refractivity contribution in [3.63, 3.8) is 0 Å². The number of halogens is 3. The third-order valence-corrected chi connectivity index (χ3v) is 8.98. The highest BCUT2D eigenvalue weighted by Gasteiger charge is 2.42. The third kappa shape index (κ3) is 5.88. The molecule has 232 valence electrons. The van der Waals surface area contributed by atoms with E-state index in [-0.39, 0.29) is 47.8 Å². The van der Waals surface area contributed by atoms with E-state index in [1.807, 2.05) is 24.6 Å². The molecular weight excluding hydrogens is 573 g/mol. The number of ether oxygens (including phenoxy) is 1. The quantitative estimate of drug-likeness (QED) is 0.294. The zero-order chi connectivity index (χ0) is 31.0. The lowest BCUT2D eigenvalue weighted by atomic mass is 9.84. The summed E-state index contributed by atoms with van der Waals surface area (Å²) in [6.07, 6.45) is 0.620. The molecule has 2 fully saturated rings. The van der Waals surface area contributed by atoms with Crippen LogP contribution in [0.15, 0.2) is 30.6 Å². The second kappa shape index (κ2) is 12.2. The fraction of sp³-hybridized carbons (Fsp3) is 0.516. The largest absolute Gasteiger partial charge is 0.416 e. The number of pyridine rings is 1. The van der Waals surface area contributed by atoms with Gasteiger partial charge in [-0.3, -0.25) is 9.69 Å². The molecule has 0 bridgehead atoms. The molecule has 0 unspecified atom stereocenters. The van der Waals surface area contributed by atoms with Crippen LogP contribution in [0.4, 0.5) is 24.8 Å². The molecule has 1 aromatic carbocycles. The first-order chi connectivity index (χ1) is 21.1. The van der Waals surface area contributed by atoms with Crippen molar-refractivity contribution in [1.82, 2.24) is 25.1 Å². The highest BCUT2D eigenvalue weighted by Crippen LogP contribution is 2.42. The van der Waals surface area contributed by atoms with E-state index < -0.39 is 17.6 Å². The average Bonchev–Trinajstić information content (AvgIpc) is 3.51. The number of amides is 1. The van der Waals surface area contributed by atoms with Crippen molar-refractivity contribution in [3.05, 3.63) is 64.2 Å². The Morgan fingerprint density at radius 2 is 1.98 bits per heavy atom. The molecule has 10 nitrogen and oxygen atoms in total. The molecule has 0 radical (unpaired) electrons. The molecule has 1 amide bonds. The van der Waals surface area contributed by atoms with Gasteiger partial charge in [-0.15, -0.1) is 10.2 Å². The Morgan fingerprint density at radius 3 is 2.59 bits per heavy atom. The number of rotatable bonds is 11. The molecule has 4 heterocycles. The van der Waals surface area contributed by atoms with Crippen molar-refractivity contribution in [2.24, 2.45) is 18.9 Å². The summed E-state index contributed by atoms with van der Waals surface area (Å²) in [5.41, 5.74) is 0.383. The predicted octanol–water partition coefficient (Wildman–Crippen LogP) is 4.94. The number of nitriles is 1. The maximum Gasteiger partial charge on any atom is 0.416 e. The van der Waals surface area contributed by atoms with Gasteiger partial charge < -0.3 is 19.9 Å². The number of aryl methyl sites for hydroxylation is 1. The summed E-state index contributed by atoms with van der Waals surface area (Å²) in [5.74, 6) is 1.16. The molecule has 6 rings (SSSR count). The van der Waals surface area contributed by atoms with Crippen molar-refractivity contribution in [1.29, 1.82) is 5.26 Å². The van der Waals surface area contributed by atoms with E-state index >= 15 is 0 Å². The number of anilines is 2. The number of nitrogens with one attached hydrogen (secondary N) is 2. The average molecular weight is 609 g/mol. The minimum Gasteiger partial charge on any atom is -0.381 e. The number of benzene rings is 1. The molecule has 1 saturated carbocycles. The minimum atomic E-state index is -4.64. The van der Waals surface area contributed by atoms with Crippen LogP contribution in [-0.2, 0) is 24.5 Å². The van der Waals surface area contributed by atoms with Crippen LogP contribution in [0.25, 0.3) is 0 Å². The van der Waals surface area contributed by atoms with E-state index in [2.05, 4.69) is 31.9 Å². The van der Waals surface area contributed by atoms with Crippen LogP contribution in [0.2, 0.25) is 0 Å². The van der Waals surface area contributed by atoms with E-state index in [9.17, 15) is 18.0 Å². The van der Waals surface area contributed by atoms with Crippen LogP contribution >= 0.6 is 0 Å². The minimum absolute atomic E-state index is 0.0376. The molecule has 3 aromatic rings. The highest BCUT2D eigenvalue weighted by molar-refractivity contribution is 6.10. The third-order valence-electron chi connectivity index (χ3n) is 8.98. The topological polar surface area (TPSA) is 121 Å². The zero-order valence-corrected chi connectivity index (χ0v) is 24.7. The fourth-order valence-electron chi connectivity index (χ4n) is 6.12. The molecule has 1 saturated heterocycles. The number of carbonyl (C=O) groups excluding carboxylic acids is 1. The number of carbonyl (C=O) groups is 1. The molecule has 0 spiro atoms. The number of hydrogen-bond donors (Lipinski definition) is 2. The van der Waals surface area contributed by atoms with E-state index in [0.717, 1.165) is 24.9 Å². The standard InChI is InChI=1S/C31H35F3N8O2/c1-18(37-13-19-5-3-6-19)20-9-23-24(25(10-20)31(32,33)34)14-42(30(23)43)27-12-21(11-26(39-27)36-8-4-7-35)28(22-15-44-16-22)29-40-38-17-41(29)2/h9-12,17-19,22,28,37H,3-6,8,13-16H2,1-2H3,(H,36,39)/t18-,28+/m1/s1. The van der Waals surface area contributed by atoms with Gasteiger partial charge >= 0.3 is 6.18 Å². The first-order valence-electron chi connectivity index (χ1n) is 15.0. The van der Waals surface area contributed by atoms with E-state index in [1.54, 1.807) is 18.5 Å². The van der Waals surface area contributed by atoms with Crippen LogP contribution in [0.1, 0.15) is 83.0 Å². The number of nitrogens with zero attached hydrogens (tertiary/aromatic N) is 6. The highest BCUT2D eigenvalue weighted by atomic mass is 19.4. The molecule has 13 heteroatoms. The summed E-state index contributed by atoms with van der Waals surface area (Å²) >= 11 is 0. The maximum atomic E-state index is 14.4. The summed E-state index contributed by atoms with van der Waals surface area (Å²) in [7, 11) is 1.84. The Balaban J connectivity index is 1.38. The summed E-state index contributed by atoms with van der Waals surface area (Å²) in [6, 6.07) is 8.08. The van der Waals surface area contributed by atoms with Gasteiger partial charge in [-0.05, 0) is 73.2 Å². The number of aromatic nitrogens is 4. The van der Waals surface area contributed by atoms with Gasteiger partial charge in [0.15, 0.2) is 0 Å². The van der Waals surface area contributed by atoms with Gasteiger partial charge in [-0.2, -0.15) is 18.4 Å². The summed E-state index contributed by atoms with van der Waals surface area (Å²) in [6.45, 7) is 3.63. The van der Waals surface area contributed by atoms with Gasteiger partial charge in [-0.1, -0.05) is 6.42 Å². The first-order valence-corrected chi connectivity index (χ1v) is 15.0. The van der Waals surface area contributed by atoms with Crippen molar-refractivity contribution in [3.8, 4) is 6.07 Å². The van der Waals surface area contributed by atoms with E-state index in [1.165, 1.54) is 17.4 Å². The van der Waals surface area contributed by atoms with Gasteiger partial charge in [0.1, 0.15) is 23.8 Å². The predicted molar refractivity (Wildman–Crippen MR) is 156 cm³/mol. The second-order valence-electron chi connectivity index (χ2n) is 12.0. The van der Waals surface area contributed by atoms with Crippen LogP contribution in [0.3, 0.4) is 0 Å². The Kier molecular flexibility index (Phi) is 8.30. The van der Waals surface area contributed by atoms with Gasteiger partial charge in [0.05, 0.1) is 43.7 Å². The lowest BCUT2D eigenvalue weighted by Gasteiger charge is -2.34. The molecule has 2 aromatic heterocycles. The van der Waals surface area contributed by atoms with Crippen molar-refractivity contribution in [2.75, 3.05) is 36.5 Å². The molecule has 2 aliphatic heterocycles. The summed E-state index contributed by atoms with van der Waals surface area (Å²) in [4.78, 5) is 19.8. The lowest BCUT2D eigenvalue weighted by Crippen LogP contribution is -2.35. The van der Waals surface area contributed by atoms with Gasteiger partial charge in [-0.25, -0.2) is 4.98 Å². The van der Waals surface area contributed by atoms with E-state index in [0.29, 0.717) is 42.9 Å². The normalized spacial score (nSPS) is 18.4. The number of hydrogen-bond acceptors (Lipinski definition) is 8. The van der Waals surface area contributed by atoms with Gasteiger partial charge in [0.25, 0.3) is 5.91 Å². The van der Waals surface area contributed by atoms with Crippen LogP contribution < -0.4 is 15.5 Å². The number of alkyl halides is 3. The molecule has 44 heavy (non-hydrogen) atoms. The second-order valence-corrected chi connectivity index (χ2v) is 12.0. The molecule has 3 aliphatic rings. The molecular formula is C31H35F3N8O2. The van der Waals surface area contributed by atoms with Crippen LogP contribution in [0, 0.1) is 23.2 Å². The van der Waals surface area contributed by atoms with Crippen LogP contribution in [0.5, 0.6) is 0 Å². The Morgan fingerprint density at radius 1 is 1.18 bits per heavy atom.